The summed E-state index contributed by atoms with van der Waals surface area (Å²) in [5.74, 6) is -2.49. The van der Waals surface area contributed by atoms with Crippen LogP contribution < -0.4 is 10.6 Å². The van der Waals surface area contributed by atoms with Gasteiger partial charge in [0.1, 0.15) is 6.04 Å². The summed E-state index contributed by atoms with van der Waals surface area (Å²) >= 11 is 0. The van der Waals surface area contributed by atoms with Crippen LogP contribution in [0.2, 0.25) is 0 Å². The fraction of sp³-hybridized carbons (Fsp3) is 0.474. The summed E-state index contributed by atoms with van der Waals surface area (Å²) in [7, 11) is 0. The van der Waals surface area contributed by atoms with Gasteiger partial charge in [-0.15, -0.1) is 0 Å². The molecule has 28 heavy (non-hydrogen) atoms. The van der Waals surface area contributed by atoms with Gasteiger partial charge in [0.05, 0.1) is 19.2 Å². The number of carboxylic acid groups (broad SMARTS) is 1. The van der Waals surface area contributed by atoms with Gasteiger partial charge in [0, 0.05) is 0 Å². The molecule has 1 aliphatic heterocycles. The maximum atomic E-state index is 12.6. The van der Waals surface area contributed by atoms with E-state index in [4.69, 9.17) is 4.74 Å². The minimum absolute atomic E-state index is 0.151. The number of esters is 1. The standard InChI is InChI=1S/C19H25N3O6/c1-3-28-18(26)14(10-9-13-7-5-4-6-8-13)21-12(2)16(23)22-15(17(24)25)11-20-19(22)27/h4-8,12,14-15,21H,3,9-11H2,1-2H3,(H,20,27)(H,24,25)/t12-,14-,15?/m0/s1. The van der Waals surface area contributed by atoms with Crippen molar-refractivity contribution >= 4 is 23.9 Å². The molecule has 3 atom stereocenters. The zero-order valence-corrected chi connectivity index (χ0v) is 15.9. The summed E-state index contributed by atoms with van der Waals surface area (Å²) in [4.78, 5) is 48.8. The number of carbonyl (C=O) groups excluding carboxylic acids is 3. The average Bonchev–Trinajstić information content (AvgIpc) is 3.07. The number of nitrogens with zero attached hydrogens (tertiary/aromatic N) is 1. The molecule has 1 aromatic rings. The molecule has 1 fully saturated rings. The van der Waals surface area contributed by atoms with E-state index >= 15 is 0 Å². The lowest BCUT2D eigenvalue weighted by Crippen LogP contribution is -2.54. The van der Waals surface area contributed by atoms with Gasteiger partial charge in [-0.2, -0.15) is 0 Å². The van der Waals surface area contributed by atoms with Crippen LogP contribution >= 0.6 is 0 Å². The van der Waals surface area contributed by atoms with Crippen LogP contribution in [0.15, 0.2) is 30.3 Å². The number of ether oxygens (including phenoxy) is 1. The molecule has 9 nitrogen and oxygen atoms in total. The van der Waals surface area contributed by atoms with E-state index in [1.54, 1.807) is 6.92 Å². The predicted octanol–water partition coefficient (Wildman–Crippen LogP) is 0.534. The van der Waals surface area contributed by atoms with E-state index in [-0.39, 0.29) is 13.2 Å². The predicted molar refractivity (Wildman–Crippen MR) is 99.5 cm³/mol. The van der Waals surface area contributed by atoms with E-state index in [0.717, 1.165) is 5.56 Å². The highest BCUT2D eigenvalue weighted by atomic mass is 16.5. The number of hydrogen-bond donors (Lipinski definition) is 3. The van der Waals surface area contributed by atoms with Gasteiger partial charge in [-0.25, -0.2) is 14.5 Å². The molecule has 0 spiro atoms. The lowest BCUT2D eigenvalue weighted by Gasteiger charge is -2.25. The highest BCUT2D eigenvalue weighted by molar-refractivity contribution is 6.02. The number of benzene rings is 1. The Kier molecular flexibility index (Phi) is 7.51. The van der Waals surface area contributed by atoms with Gasteiger partial charge in [0.2, 0.25) is 5.91 Å². The van der Waals surface area contributed by atoms with Crippen LogP contribution in [-0.4, -0.2) is 65.2 Å². The third-order valence-corrected chi connectivity index (χ3v) is 4.46. The van der Waals surface area contributed by atoms with Crippen LogP contribution in [0.5, 0.6) is 0 Å². The zero-order valence-electron chi connectivity index (χ0n) is 15.9. The number of aliphatic carboxylic acids is 1. The lowest BCUT2D eigenvalue weighted by atomic mass is 10.0. The average molecular weight is 391 g/mol. The van der Waals surface area contributed by atoms with Crippen LogP contribution in [0.3, 0.4) is 0 Å². The van der Waals surface area contributed by atoms with E-state index in [1.165, 1.54) is 6.92 Å². The first-order valence-corrected chi connectivity index (χ1v) is 9.15. The topological polar surface area (TPSA) is 125 Å². The second kappa shape index (κ2) is 9.84. The molecular weight excluding hydrogens is 366 g/mol. The van der Waals surface area contributed by atoms with E-state index in [2.05, 4.69) is 10.6 Å². The van der Waals surface area contributed by atoms with Crippen molar-refractivity contribution in [2.24, 2.45) is 0 Å². The number of aryl methyl sites for hydroxylation is 1. The molecule has 0 aromatic heterocycles. The largest absolute Gasteiger partial charge is 0.480 e. The Morgan fingerprint density at radius 2 is 2.00 bits per heavy atom. The zero-order chi connectivity index (χ0) is 20.7. The number of carbonyl (C=O) groups is 4. The first-order chi connectivity index (χ1) is 13.3. The Morgan fingerprint density at radius 3 is 2.61 bits per heavy atom. The molecule has 0 bridgehead atoms. The minimum Gasteiger partial charge on any atom is -0.480 e. The third kappa shape index (κ3) is 5.29. The van der Waals surface area contributed by atoms with Gasteiger partial charge < -0.3 is 15.2 Å². The number of hydrogen-bond acceptors (Lipinski definition) is 6. The monoisotopic (exact) mass is 391 g/mol. The maximum absolute atomic E-state index is 12.6. The second-order valence-electron chi connectivity index (χ2n) is 6.47. The molecule has 1 aliphatic rings. The fourth-order valence-corrected chi connectivity index (χ4v) is 3.00. The van der Waals surface area contributed by atoms with Gasteiger partial charge in [-0.05, 0) is 32.3 Å². The molecule has 152 valence electrons. The molecule has 1 heterocycles. The summed E-state index contributed by atoms with van der Waals surface area (Å²) in [6, 6.07) is 5.80. The molecule has 0 saturated carbocycles. The fourth-order valence-electron chi connectivity index (χ4n) is 3.00. The number of nitrogens with one attached hydrogen (secondary N) is 2. The Hall–Kier alpha value is -2.94. The third-order valence-electron chi connectivity index (χ3n) is 4.46. The normalized spacial score (nSPS) is 18.3. The van der Waals surface area contributed by atoms with Gasteiger partial charge in [-0.1, -0.05) is 30.3 Å². The number of urea groups is 1. The summed E-state index contributed by atoms with van der Waals surface area (Å²) in [5.41, 5.74) is 1.03. The molecule has 1 saturated heterocycles. The Labute approximate surface area is 163 Å². The minimum atomic E-state index is -1.27. The highest BCUT2D eigenvalue weighted by Gasteiger charge is 2.42. The van der Waals surface area contributed by atoms with Gasteiger partial charge in [0.15, 0.2) is 6.04 Å². The van der Waals surface area contributed by atoms with Crippen molar-refractivity contribution in [3.8, 4) is 0 Å². The van der Waals surface area contributed by atoms with Crippen LogP contribution in [0.1, 0.15) is 25.8 Å². The molecule has 2 rings (SSSR count). The van der Waals surface area contributed by atoms with Crippen molar-refractivity contribution in [1.82, 2.24) is 15.5 Å². The Morgan fingerprint density at radius 1 is 1.32 bits per heavy atom. The summed E-state index contributed by atoms with van der Waals surface area (Å²) in [5, 5.41) is 14.4. The van der Waals surface area contributed by atoms with Crippen LogP contribution in [0.4, 0.5) is 4.79 Å². The second-order valence-corrected chi connectivity index (χ2v) is 6.47. The SMILES string of the molecule is CCOC(=O)[C@H](CCc1ccccc1)N[C@@H](C)C(=O)N1C(=O)NCC1C(=O)O. The van der Waals surface area contributed by atoms with Crippen LogP contribution in [-0.2, 0) is 25.5 Å². The van der Waals surface area contributed by atoms with Crippen LogP contribution in [0, 0.1) is 0 Å². The Bertz CT molecular complexity index is 724. The molecular formula is C19H25N3O6. The molecule has 1 unspecified atom stereocenters. The van der Waals surface area contributed by atoms with Crippen molar-refractivity contribution in [2.75, 3.05) is 13.2 Å². The summed E-state index contributed by atoms with van der Waals surface area (Å²) < 4.78 is 5.08. The number of imide groups is 1. The lowest BCUT2D eigenvalue weighted by molar-refractivity contribution is -0.148. The van der Waals surface area contributed by atoms with E-state index in [9.17, 15) is 24.3 Å². The van der Waals surface area contributed by atoms with Crippen molar-refractivity contribution < 1.29 is 29.0 Å². The molecule has 1 aromatic carbocycles. The molecule has 0 aliphatic carbocycles. The molecule has 3 amide bonds. The summed E-state index contributed by atoms with van der Waals surface area (Å²) in [6.45, 7) is 3.22. The van der Waals surface area contributed by atoms with E-state index in [1.807, 2.05) is 30.3 Å². The van der Waals surface area contributed by atoms with Crippen molar-refractivity contribution in [3.63, 3.8) is 0 Å². The molecule has 9 heteroatoms. The van der Waals surface area contributed by atoms with Crippen molar-refractivity contribution in [1.29, 1.82) is 0 Å². The first kappa shape index (κ1) is 21.4. The van der Waals surface area contributed by atoms with Crippen LogP contribution in [0.25, 0.3) is 0 Å². The van der Waals surface area contributed by atoms with Crippen molar-refractivity contribution in [3.05, 3.63) is 35.9 Å². The highest BCUT2D eigenvalue weighted by Crippen LogP contribution is 2.12. The number of rotatable bonds is 9. The van der Waals surface area contributed by atoms with Gasteiger partial charge in [0.25, 0.3) is 0 Å². The summed E-state index contributed by atoms with van der Waals surface area (Å²) in [6.07, 6.45) is 0.967. The smallest absolute Gasteiger partial charge is 0.328 e. The molecule has 3 N–H and O–H groups in total. The Balaban J connectivity index is 2.06. The van der Waals surface area contributed by atoms with Crippen molar-refractivity contribution in [2.45, 2.75) is 44.8 Å². The van der Waals surface area contributed by atoms with Gasteiger partial charge in [-0.3, -0.25) is 14.9 Å². The molecule has 0 radical (unpaired) electrons. The number of amides is 3. The van der Waals surface area contributed by atoms with E-state index < -0.39 is 42.0 Å². The van der Waals surface area contributed by atoms with E-state index in [0.29, 0.717) is 17.7 Å². The number of carboxylic acids is 1. The van der Waals surface area contributed by atoms with Gasteiger partial charge >= 0.3 is 18.0 Å². The quantitative estimate of drug-likeness (QED) is 0.525. The maximum Gasteiger partial charge on any atom is 0.328 e. The first-order valence-electron chi connectivity index (χ1n) is 9.15.